The Morgan fingerprint density at radius 2 is 1.93 bits per heavy atom. The second kappa shape index (κ2) is 8.43. The van der Waals surface area contributed by atoms with Gasteiger partial charge in [0, 0.05) is 13.2 Å². The van der Waals surface area contributed by atoms with Gasteiger partial charge in [-0.25, -0.2) is 8.42 Å². The Morgan fingerprint density at radius 1 is 1.30 bits per heavy atom. The maximum atomic E-state index is 13.1. The van der Waals surface area contributed by atoms with E-state index in [1.54, 1.807) is 7.11 Å². The monoisotopic (exact) mass is 438 g/mol. The summed E-state index contributed by atoms with van der Waals surface area (Å²) in [5, 5.41) is 9.73. The molecule has 1 atom stereocenters. The van der Waals surface area contributed by atoms with Crippen molar-refractivity contribution >= 4 is 21.7 Å². The molecule has 1 fully saturated rings. The molecule has 10 heteroatoms. The van der Waals surface area contributed by atoms with Crippen LogP contribution in [0.3, 0.4) is 0 Å². The summed E-state index contributed by atoms with van der Waals surface area (Å²) in [5.74, 6) is 0.232. The smallest absolute Gasteiger partial charge is 0.247 e. The fourth-order valence-corrected chi connectivity index (χ4v) is 5.30. The molecule has 1 aromatic rings. The van der Waals surface area contributed by atoms with Crippen molar-refractivity contribution in [3.63, 3.8) is 0 Å². The van der Waals surface area contributed by atoms with Crippen LogP contribution < -0.4 is 20.8 Å². The first-order valence-electron chi connectivity index (χ1n) is 9.92. The minimum Gasteiger partial charge on any atom is -0.497 e. The molecule has 0 aromatic heterocycles. The number of amides is 1. The molecule has 0 saturated carbocycles. The third kappa shape index (κ3) is 4.70. The fourth-order valence-electron chi connectivity index (χ4n) is 3.40. The highest BCUT2D eigenvalue weighted by molar-refractivity contribution is 7.93. The highest BCUT2D eigenvalue weighted by Crippen LogP contribution is 2.34. The highest BCUT2D eigenvalue weighted by Gasteiger charge is 2.46. The third-order valence-electron chi connectivity index (χ3n) is 5.83. The van der Waals surface area contributed by atoms with Gasteiger partial charge in [-0.2, -0.15) is 0 Å². The maximum absolute atomic E-state index is 13.1. The normalized spacial score (nSPS) is 21.2. The number of carbonyl (C=O) groups is 1. The van der Waals surface area contributed by atoms with E-state index in [4.69, 9.17) is 9.47 Å². The number of benzene rings is 1. The zero-order valence-corrected chi connectivity index (χ0v) is 18.6. The van der Waals surface area contributed by atoms with Gasteiger partial charge in [0.1, 0.15) is 16.7 Å². The van der Waals surface area contributed by atoms with Crippen LogP contribution in [0.25, 0.3) is 0 Å². The summed E-state index contributed by atoms with van der Waals surface area (Å²) in [6.45, 7) is 5.89. The molecule has 2 heterocycles. The number of sulfone groups is 1. The van der Waals surface area contributed by atoms with E-state index in [0.717, 1.165) is 11.3 Å². The molecule has 3 rings (SSSR count). The lowest BCUT2D eigenvalue weighted by molar-refractivity contribution is -0.121. The molecule has 1 saturated heterocycles. The number of nitrogens with one attached hydrogen (secondary N) is 3. The molecule has 3 N–H and O–H groups in total. The first-order valence-corrected chi connectivity index (χ1v) is 11.6. The van der Waals surface area contributed by atoms with E-state index >= 15 is 0 Å². The van der Waals surface area contributed by atoms with E-state index in [9.17, 15) is 13.2 Å². The summed E-state index contributed by atoms with van der Waals surface area (Å²) in [7, 11) is -2.12. The van der Waals surface area contributed by atoms with Crippen LogP contribution in [-0.2, 0) is 19.4 Å². The lowest BCUT2D eigenvalue weighted by Gasteiger charge is -2.35. The van der Waals surface area contributed by atoms with Crippen LogP contribution in [0, 0.1) is 5.41 Å². The molecule has 30 heavy (non-hydrogen) atoms. The number of ether oxygens (including phenoxy) is 2. The van der Waals surface area contributed by atoms with E-state index in [1.807, 2.05) is 31.2 Å². The van der Waals surface area contributed by atoms with Gasteiger partial charge in [0.05, 0.1) is 12.9 Å². The molecule has 9 nitrogen and oxygen atoms in total. The first-order chi connectivity index (χ1) is 14.1. The van der Waals surface area contributed by atoms with Gasteiger partial charge < -0.3 is 14.8 Å². The maximum Gasteiger partial charge on any atom is 0.247 e. The van der Waals surface area contributed by atoms with Gasteiger partial charge in [-0.05, 0) is 49.8 Å². The van der Waals surface area contributed by atoms with E-state index in [2.05, 4.69) is 21.2 Å². The van der Waals surface area contributed by atoms with Crippen molar-refractivity contribution in [2.24, 2.45) is 10.5 Å². The molecule has 0 spiro atoms. The summed E-state index contributed by atoms with van der Waals surface area (Å²) in [4.78, 5) is 12.9. The van der Waals surface area contributed by atoms with Crippen molar-refractivity contribution in [1.82, 2.24) is 16.1 Å². The summed E-state index contributed by atoms with van der Waals surface area (Å²) >= 11 is 0. The lowest BCUT2D eigenvalue weighted by Crippen LogP contribution is -2.54. The second-order valence-electron chi connectivity index (χ2n) is 8.59. The van der Waals surface area contributed by atoms with Gasteiger partial charge in [-0.15, -0.1) is 5.10 Å². The van der Waals surface area contributed by atoms with Crippen LogP contribution in [-0.4, -0.2) is 51.1 Å². The van der Waals surface area contributed by atoms with Crippen molar-refractivity contribution in [3.05, 3.63) is 29.8 Å². The number of nitrogens with zero attached hydrogens (tertiary/aromatic N) is 1. The molecule has 166 valence electrons. The zero-order valence-electron chi connectivity index (χ0n) is 17.8. The Morgan fingerprint density at radius 3 is 2.53 bits per heavy atom. The molecule has 1 amide bonds. The van der Waals surface area contributed by atoms with Crippen molar-refractivity contribution in [3.8, 4) is 5.75 Å². The summed E-state index contributed by atoms with van der Waals surface area (Å²) < 4.78 is 35.1. The fraction of sp³-hybridized carbons (Fsp3) is 0.600. The largest absolute Gasteiger partial charge is 0.497 e. The standard InChI is InChI=1S/C20H30N4O5S/c1-19(2,30(26,27)13-20(3)9-11-29-12-10-20)17(25)22-18-21-16(23-24-18)14-5-7-15(28-4)8-6-14/h5-8,16,23H,9-13H2,1-4H3,(H2,21,22,24,25). The first kappa shape index (κ1) is 22.4. The molecule has 1 unspecified atom stereocenters. The minimum atomic E-state index is -3.72. The van der Waals surface area contributed by atoms with Crippen LogP contribution in [0.4, 0.5) is 0 Å². The highest BCUT2D eigenvalue weighted by atomic mass is 32.2. The zero-order chi connectivity index (χ0) is 22.0. The molecule has 0 bridgehead atoms. The SMILES string of the molecule is COc1ccc(C2NN=C(NC(=O)C(C)(C)S(=O)(=O)CC3(C)CCOCC3)N2)cc1. The van der Waals surface area contributed by atoms with Crippen LogP contribution in [0.2, 0.25) is 0 Å². The van der Waals surface area contributed by atoms with E-state index < -0.39 is 25.9 Å². The predicted octanol–water partition coefficient (Wildman–Crippen LogP) is 1.28. The lowest BCUT2D eigenvalue weighted by atomic mass is 9.85. The quantitative estimate of drug-likeness (QED) is 0.612. The summed E-state index contributed by atoms with van der Waals surface area (Å²) in [6.07, 6.45) is 0.976. The number of guanidine groups is 1. The number of rotatable bonds is 6. The van der Waals surface area contributed by atoms with Gasteiger partial charge in [0.15, 0.2) is 9.84 Å². The number of hydrazone groups is 1. The molecule has 2 aliphatic heterocycles. The van der Waals surface area contributed by atoms with E-state index in [1.165, 1.54) is 13.8 Å². The second-order valence-corrected chi connectivity index (χ2v) is 11.1. The van der Waals surface area contributed by atoms with E-state index in [0.29, 0.717) is 26.1 Å². The van der Waals surface area contributed by atoms with E-state index in [-0.39, 0.29) is 17.9 Å². The molecule has 0 radical (unpaired) electrons. The number of carbonyl (C=O) groups excluding carboxylic acids is 1. The van der Waals surface area contributed by atoms with Gasteiger partial charge >= 0.3 is 0 Å². The van der Waals surface area contributed by atoms with Gasteiger partial charge in [0.2, 0.25) is 11.9 Å². The summed E-state index contributed by atoms with van der Waals surface area (Å²) in [5.41, 5.74) is 3.39. The van der Waals surface area contributed by atoms with Gasteiger partial charge in [-0.1, -0.05) is 19.1 Å². The average Bonchev–Trinajstić information content (AvgIpc) is 3.16. The van der Waals surface area contributed by atoms with Gasteiger partial charge in [0.25, 0.3) is 0 Å². The Bertz CT molecular complexity index is 906. The summed E-state index contributed by atoms with van der Waals surface area (Å²) in [6, 6.07) is 7.38. The Hall–Kier alpha value is -2.33. The van der Waals surface area contributed by atoms with Crippen LogP contribution in [0.15, 0.2) is 29.4 Å². The number of hydrogen-bond donors (Lipinski definition) is 3. The molecular weight excluding hydrogens is 408 g/mol. The van der Waals surface area contributed by atoms with Crippen LogP contribution in [0.5, 0.6) is 5.75 Å². The third-order valence-corrected chi connectivity index (χ3v) is 8.65. The molecule has 0 aliphatic carbocycles. The number of methoxy groups -OCH3 is 1. The molecule has 2 aliphatic rings. The van der Waals surface area contributed by atoms with Crippen molar-refractivity contribution < 1.29 is 22.7 Å². The Labute approximate surface area is 177 Å². The predicted molar refractivity (Wildman–Crippen MR) is 114 cm³/mol. The van der Waals surface area contributed by atoms with Gasteiger partial charge in [-0.3, -0.25) is 15.5 Å². The number of hydrogen-bond acceptors (Lipinski definition) is 8. The Balaban J connectivity index is 1.62. The average molecular weight is 439 g/mol. The molecular formula is C20H30N4O5S. The topological polar surface area (TPSA) is 118 Å². The van der Waals surface area contributed by atoms with Crippen molar-refractivity contribution in [1.29, 1.82) is 0 Å². The Kier molecular flexibility index (Phi) is 6.28. The van der Waals surface area contributed by atoms with Crippen LogP contribution in [0.1, 0.15) is 45.3 Å². The van der Waals surface area contributed by atoms with Crippen molar-refractivity contribution in [2.45, 2.75) is 44.5 Å². The van der Waals surface area contributed by atoms with Crippen LogP contribution >= 0.6 is 0 Å². The molecule has 1 aromatic carbocycles. The minimum absolute atomic E-state index is 0.0591. The van der Waals surface area contributed by atoms with Crippen molar-refractivity contribution in [2.75, 3.05) is 26.1 Å².